The molecule has 6 nitrogen and oxygen atoms in total. The average Bonchev–Trinajstić information content (AvgIpc) is 2.94. The molecule has 0 radical (unpaired) electrons. The van der Waals surface area contributed by atoms with E-state index in [1.54, 1.807) is 13.1 Å². The molecule has 6 heteroatoms. The van der Waals surface area contributed by atoms with Crippen molar-refractivity contribution in [2.75, 3.05) is 13.2 Å². The summed E-state index contributed by atoms with van der Waals surface area (Å²) >= 11 is 0. The van der Waals surface area contributed by atoms with E-state index in [-0.39, 0.29) is 42.8 Å². The van der Waals surface area contributed by atoms with Crippen molar-refractivity contribution >= 4 is 11.7 Å². The highest BCUT2D eigenvalue weighted by Crippen LogP contribution is 2.30. The highest BCUT2D eigenvalue weighted by Gasteiger charge is 2.34. The molecule has 1 fully saturated rings. The van der Waals surface area contributed by atoms with Gasteiger partial charge in [-0.3, -0.25) is 9.59 Å². The van der Waals surface area contributed by atoms with Gasteiger partial charge in [-0.1, -0.05) is 6.58 Å². The largest absolute Gasteiger partial charge is 0.396 e. The lowest BCUT2D eigenvalue weighted by Gasteiger charge is -2.30. The highest BCUT2D eigenvalue weighted by atomic mass is 16.3. The standard InChI is InChI=1S/C17H31N3O3/c1-4-20-15(7-8-16(20)13(3)22)6-5-14(9-10-21)12(2)19-17(23)11-18/h4,12,14-16,21H,1,5-11,18H2,2-3H3,(H,19,23). The summed E-state index contributed by atoms with van der Waals surface area (Å²) < 4.78 is 0. The van der Waals surface area contributed by atoms with Crippen LogP contribution >= 0.6 is 0 Å². The normalized spacial score (nSPS) is 23.4. The van der Waals surface area contributed by atoms with E-state index in [0.717, 1.165) is 25.7 Å². The minimum Gasteiger partial charge on any atom is -0.396 e. The van der Waals surface area contributed by atoms with Gasteiger partial charge in [0.05, 0.1) is 12.6 Å². The van der Waals surface area contributed by atoms with Crippen molar-refractivity contribution in [3.8, 4) is 0 Å². The summed E-state index contributed by atoms with van der Waals surface area (Å²) in [5.74, 6) is 0.201. The summed E-state index contributed by atoms with van der Waals surface area (Å²) in [6.45, 7) is 7.49. The number of rotatable bonds is 10. The van der Waals surface area contributed by atoms with Crippen LogP contribution in [0.5, 0.6) is 0 Å². The number of aliphatic hydroxyl groups is 1. The fourth-order valence-corrected chi connectivity index (χ4v) is 3.53. The Bertz CT molecular complexity index is 414. The van der Waals surface area contributed by atoms with Gasteiger partial charge >= 0.3 is 0 Å². The summed E-state index contributed by atoms with van der Waals surface area (Å²) in [5.41, 5.74) is 5.34. The van der Waals surface area contributed by atoms with Crippen LogP contribution in [0.1, 0.15) is 46.0 Å². The van der Waals surface area contributed by atoms with Crippen LogP contribution in [0.15, 0.2) is 12.8 Å². The number of hydrogen-bond donors (Lipinski definition) is 3. The first-order valence-electron chi connectivity index (χ1n) is 8.45. The van der Waals surface area contributed by atoms with Gasteiger partial charge in [0.2, 0.25) is 5.91 Å². The van der Waals surface area contributed by atoms with Crippen LogP contribution in [0.25, 0.3) is 0 Å². The lowest BCUT2D eigenvalue weighted by Crippen LogP contribution is -2.42. The molecular formula is C17H31N3O3. The third-order valence-electron chi connectivity index (χ3n) is 4.89. The van der Waals surface area contributed by atoms with E-state index >= 15 is 0 Å². The molecule has 0 aromatic heterocycles. The predicted octanol–water partition coefficient (Wildman–Crippen LogP) is 0.794. The number of carbonyl (C=O) groups excluding carboxylic acids is 2. The van der Waals surface area contributed by atoms with Crippen molar-refractivity contribution in [2.24, 2.45) is 11.7 Å². The van der Waals surface area contributed by atoms with E-state index in [9.17, 15) is 14.7 Å². The maximum atomic E-state index is 11.7. The van der Waals surface area contributed by atoms with Crippen LogP contribution in [0.3, 0.4) is 0 Å². The van der Waals surface area contributed by atoms with Crippen LogP contribution in [-0.2, 0) is 9.59 Å². The number of likely N-dealkylation sites (tertiary alicyclic amines) is 1. The quantitative estimate of drug-likeness (QED) is 0.552. The molecule has 4 atom stereocenters. The van der Waals surface area contributed by atoms with Gasteiger partial charge in [-0.25, -0.2) is 0 Å². The lowest BCUT2D eigenvalue weighted by atomic mass is 9.90. The SMILES string of the molecule is C=CN1C(CCC(CCO)C(C)NC(=O)CN)CCC1C(C)=O. The third-order valence-corrected chi connectivity index (χ3v) is 4.89. The summed E-state index contributed by atoms with van der Waals surface area (Å²) in [6.07, 6.45) is 6.06. The van der Waals surface area contributed by atoms with Gasteiger partial charge in [0.25, 0.3) is 0 Å². The summed E-state index contributed by atoms with van der Waals surface area (Å²) in [4.78, 5) is 25.2. The molecule has 1 aliphatic rings. The Balaban J connectivity index is 2.59. The van der Waals surface area contributed by atoms with Gasteiger partial charge in [-0.2, -0.15) is 0 Å². The molecule has 1 saturated heterocycles. The highest BCUT2D eigenvalue weighted by molar-refractivity contribution is 5.82. The minimum absolute atomic E-state index is 0.0245. The number of amides is 1. The Hall–Kier alpha value is -1.40. The van der Waals surface area contributed by atoms with Gasteiger partial charge in [-0.05, 0) is 58.1 Å². The maximum absolute atomic E-state index is 11.7. The van der Waals surface area contributed by atoms with E-state index in [1.165, 1.54) is 0 Å². The van der Waals surface area contributed by atoms with Crippen LogP contribution < -0.4 is 11.1 Å². The molecule has 23 heavy (non-hydrogen) atoms. The van der Waals surface area contributed by atoms with Crippen molar-refractivity contribution in [3.05, 3.63) is 12.8 Å². The number of aliphatic hydroxyl groups excluding tert-OH is 1. The first kappa shape index (κ1) is 19.6. The molecular weight excluding hydrogens is 294 g/mol. The first-order chi connectivity index (χ1) is 10.9. The molecule has 1 aliphatic heterocycles. The number of nitrogens with two attached hydrogens (primary N) is 1. The molecule has 0 aromatic rings. The third kappa shape index (κ3) is 5.62. The van der Waals surface area contributed by atoms with Gasteiger partial charge in [0, 0.05) is 18.7 Å². The van der Waals surface area contributed by atoms with Crippen LogP contribution in [-0.4, -0.2) is 53.0 Å². The van der Waals surface area contributed by atoms with Gasteiger partial charge in [-0.15, -0.1) is 0 Å². The number of Topliss-reactive ketones (excluding diaryl/α,β-unsaturated/α-hetero) is 1. The smallest absolute Gasteiger partial charge is 0.233 e. The van der Waals surface area contributed by atoms with Gasteiger partial charge in [0.1, 0.15) is 0 Å². The second-order valence-corrected chi connectivity index (χ2v) is 6.40. The van der Waals surface area contributed by atoms with Crippen LogP contribution in [0.4, 0.5) is 0 Å². The second-order valence-electron chi connectivity index (χ2n) is 6.40. The van der Waals surface area contributed by atoms with Crippen molar-refractivity contribution < 1.29 is 14.7 Å². The van der Waals surface area contributed by atoms with Crippen molar-refractivity contribution in [3.63, 3.8) is 0 Å². The molecule has 4 N–H and O–H groups in total. The molecule has 0 spiro atoms. The minimum atomic E-state index is -0.175. The molecule has 1 rings (SSSR count). The molecule has 4 unspecified atom stereocenters. The molecule has 0 aliphatic carbocycles. The van der Waals surface area contributed by atoms with Crippen molar-refractivity contribution in [1.29, 1.82) is 0 Å². The number of carbonyl (C=O) groups is 2. The zero-order valence-electron chi connectivity index (χ0n) is 14.3. The number of ketones is 1. The van der Waals surface area contributed by atoms with Crippen molar-refractivity contribution in [1.82, 2.24) is 10.2 Å². The monoisotopic (exact) mass is 325 g/mol. The fourth-order valence-electron chi connectivity index (χ4n) is 3.53. The fraction of sp³-hybridized carbons (Fsp3) is 0.765. The Labute approximate surface area is 139 Å². The Morgan fingerprint density at radius 2 is 2.13 bits per heavy atom. The molecule has 0 bridgehead atoms. The molecule has 0 aromatic carbocycles. The summed E-state index contributed by atoms with van der Waals surface area (Å²) in [7, 11) is 0. The van der Waals surface area contributed by atoms with Crippen LogP contribution in [0.2, 0.25) is 0 Å². The average molecular weight is 325 g/mol. The Morgan fingerprint density at radius 1 is 1.43 bits per heavy atom. The lowest BCUT2D eigenvalue weighted by molar-refractivity contribution is -0.121. The topological polar surface area (TPSA) is 95.7 Å². The second kappa shape index (κ2) is 9.67. The molecule has 0 saturated carbocycles. The first-order valence-corrected chi connectivity index (χ1v) is 8.45. The van der Waals surface area contributed by atoms with E-state index in [1.807, 2.05) is 6.92 Å². The van der Waals surface area contributed by atoms with Crippen molar-refractivity contribution in [2.45, 2.75) is 64.1 Å². The molecule has 1 heterocycles. The van der Waals surface area contributed by atoms with E-state index in [4.69, 9.17) is 5.73 Å². The number of nitrogens with one attached hydrogen (secondary N) is 1. The van der Waals surface area contributed by atoms with E-state index in [0.29, 0.717) is 12.5 Å². The zero-order valence-corrected chi connectivity index (χ0v) is 14.3. The van der Waals surface area contributed by atoms with Crippen LogP contribution in [0, 0.1) is 5.92 Å². The maximum Gasteiger partial charge on any atom is 0.233 e. The van der Waals surface area contributed by atoms with Gasteiger partial charge in [0.15, 0.2) is 5.78 Å². The Kier molecular flexibility index (Phi) is 8.26. The van der Waals surface area contributed by atoms with Gasteiger partial charge < -0.3 is 21.1 Å². The number of nitrogens with zero attached hydrogens (tertiary/aromatic N) is 1. The van der Waals surface area contributed by atoms with E-state index in [2.05, 4.69) is 16.8 Å². The summed E-state index contributed by atoms with van der Waals surface area (Å²) in [6, 6.07) is 0.226. The molecule has 132 valence electrons. The Morgan fingerprint density at radius 3 is 2.65 bits per heavy atom. The number of hydrogen-bond acceptors (Lipinski definition) is 5. The summed E-state index contributed by atoms with van der Waals surface area (Å²) in [5, 5.41) is 12.2. The predicted molar refractivity (Wildman–Crippen MR) is 90.6 cm³/mol. The van der Waals surface area contributed by atoms with E-state index < -0.39 is 0 Å². The molecule has 1 amide bonds. The zero-order chi connectivity index (χ0) is 17.4.